The second-order valence-corrected chi connectivity index (χ2v) is 12.1. The molecule has 0 fully saturated rings. The molecular weight excluding hydrogens is 570 g/mol. The van der Waals surface area contributed by atoms with Gasteiger partial charge in [-0.25, -0.2) is 8.42 Å². The molecule has 7 nitrogen and oxygen atoms in total. The maximum absolute atomic E-state index is 14.3. The molecule has 0 spiro atoms. The number of carbonyl (C=O) groups excluding carboxylic acids is 2. The lowest BCUT2D eigenvalue weighted by atomic mass is 10.0. The molecule has 0 radical (unpaired) electrons. The zero-order chi connectivity index (χ0) is 30.0. The van der Waals surface area contributed by atoms with Crippen LogP contribution in [0.2, 0.25) is 5.02 Å². The van der Waals surface area contributed by atoms with Crippen molar-refractivity contribution in [2.75, 3.05) is 17.4 Å². The minimum Gasteiger partial charge on any atom is -0.354 e. The van der Waals surface area contributed by atoms with Crippen LogP contribution in [0.25, 0.3) is 0 Å². The maximum atomic E-state index is 14.3. The fraction of sp³-hybridized carbons (Fsp3) is 0.212. The van der Waals surface area contributed by atoms with Crippen molar-refractivity contribution in [3.63, 3.8) is 0 Å². The summed E-state index contributed by atoms with van der Waals surface area (Å²) >= 11 is 6.12. The first kappa shape index (κ1) is 30.8. The smallest absolute Gasteiger partial charge is 0.264 e. The predicted octanol–water partition coefficient (Wildman–Crippen LogP) is 5.70. The van der Waals surface area contributed by atoms with Gasteiger partial charge >= 0.3 is 0 Å². The number of nitrogens with one attached hydrogen (secondary N) is 1. The summed E-state index contributed by atoms with van der Waals surface area (Å²) in [5.74, 6) is -0.818. The first-order chi connectivity index (χ1) is 20.3. The van der Waals surface area contributed by atoms with E-state index < -0.39 is 28.5 Å². The lowest BCUT2D eigenvalue weighted by Gasteiger charge is -2.34. The van der Waals surface area contributed by atoms with Crippen LogP contribution in [-0.4, -0.2) is 44.3 Å². The summed E-state index contributed by atoms with van der Waals surface area (Å²) < 4.78 is 28.9. The monoisotopic (exact) mass is 603 g/mol. The summed E-state index contributed by atoms with van der Waals surface area (Å²) in [5, 5.41) is 3.48. The number of rotatable bonds is 13. The Labute approximate surface area is 252 Å². The largest absolute Gasteiger partial charge is 0.354 e. The molecule has 0 bridgehead atoms. The van der Waals surface area contributed by atoms with E-state index >= 15 is 0 Å². The normalized spacial score (nSPS) is 11.9. The third-order valence-electron chi connectivity index (χ3n) is 6.74. The Morgan fingerprint density at radius 2 is 1.36 bits per heavy atom. The second-order valence-electron chi connectivity index (χ2n) is 9.80. The topological polar surface area (TPSA) is 86.8 Å². The van der Waals surface area contributed by atoms with E-state index in [1.54, 1.807) is 72.8 Å². The first-order valence-corrected chi connectivity index (χ1v) is 15.6. The molecule has 0 aliphatic heterocycles. The van der Waals surface area contributed by atoms with Crippen molar-refractivity contribution in [2.24, 2.45) is 0 Å². The van der Waals surface area contributed by atoms with Crippen LogP contribution in [0, 0.1) is 0 Å². The van der Waals surface area contributed by atoms with Gasteiger partial charge < -0.3 is 10.2 Å². The Kier molecular flexibility index (Phi) is 10.8. The van der Waals surface area contributed by atoms with Gasteiger partial charge in [0.25, 0.3) is 10.0 Å². The van der Waals surface area contributed by atoms with Crippen LogP contribution in [0.3, 0.4) is 0 Å². The number of halogens is 1. The lowest BCUT2D eigenvalue weighted by Crippen LogP contribution is -2.53. The second kappa shape index (κ2) is 14.7. The van der Waals surface area contributed by atoms with Crippen LogP contribution >= 0.6 is 11.6 Å². The highest BCUT2D eigenvalue weighted by Crippen LogP contribution is 2.25. The third-order valence-corrected chi connectivity index (χ3v) is 8.78. The third kappa shape index (κ3) is 7.99. The van der Waals surface area contributed by atoms with Gasteiger partial charge in [0, 0.05) is 24.5 Å². The van der Waals surface area contributed by atoms with E-state index in [0.29, 0.717) is 17.3 Å². The highest BCUT2D eigenvalue weighted by atomic mass is 35.5. The number of hydrogen-bond acceptors (Lipinski definition) is 4. The average Bonchev–Trinajstić information content (AvgIpc) is 3.02. The molecule has 0 aliphatic rings. The summed E-state index contributed by atoms with van der Waals surface area (Å²) in [7, 11) is -4.11. The van der Waals surface area contributed by atoms with Crippen LogP contribution < -0.4 is 9.62 Å². The van der Waals surface area contributed by atoms with Crippen molar-refractivity contribution in [1.82, 2.24) is 10.2 Å². The fourth-order valence-corrected chi connectivity index (χ4v) is 6.11. The van der Waals surface area contributed by atoms with E-state index in [1.165, 1.54) is 17.0 Å². The molecule has 0 heterocycles. The van der Waals surface area contributed by atoms with Gasteiger partial charge in [-0.3, -0.25) is 13.9 Å². The van der Waals surface area contributed by atoms with Crippen LogP contribution in [0.15, 0.2) is 120 Å². The van der Waals surface area contributed by atoms with Crippen molar-refractivity contribution in [1.29, 1.82) is 0 Å². The number of hydrogen-bond donors (Lipinski definition) is 1. The summed E-state index contributed by atoms with van der Waals surface area (Å²) in [6.45, 7) is 1.99. The number of sulfonamides is 1. The molecule has 2 amide bonds. The van der Waals surface area contributed by atoms with E-state index in [1.807, 2.05) is 37.3 Å². The minimum absolute atomic E-state index is 0.0624. The van der Waals surface area contributed by atoms with Crippen molar-refractivity contribution in [3.05, 3.63) is 131 Å². The molecule has 0 saturated carbocycles. The Bertz CT molecular complexity index is 1550. The fourth-order valence-electron chi connectivity index (χ4n) is 4.55. The number of benzene rings is 4. The molecule has 0 aliphatic carbocycles. The molecular formula is C33H34ClN3O4S. The van der Waals surface area contributed by atoms with E-state index in [2.05, 4.69) is 5.32 Å². The Hall–Kier alpha value is -4.14. The van der Waals surface area contributed by atoms with Crippen molar-refractivity contribution >= 4 is 39.1 Å². The van der Waals surface area contributed by atoms with Gasteiger partial charge in [0.1, 0.15) is 12.6 Å². The Morgan fingerprint density at radius 3 is 1.95 bits per heavy atom. The molecule has 4 aromatic rings. The van der Waals surface area contributed by atoms with Crippen LogP contribution in [0.1, 0.15) is 24.5 Å². The highest BCUT2D eigenvalue weighted by molar-refractivity contribution is 7.92. The molecule has 42 heavy (non-hydrogen) atoms. The van der Waals surface area contributed by atoms with Crippen molar-refractivity contribution in [3.8, 4) is 0 Å². The molecule has 218 valence electrons. The summed E-state index contributed by atoms with van der Waals surface area (Å²) in [6, 6.07) is 32.1. The Morgan fingerprint density at radius 1 is 0.786 bits per heavy atom. The molecule has 4 rings (SSSR count). The van der Waals surface area contributed by atoms with E-state index in [-0.39, 0.29) is 23.8 Å². The predicted molar refractivity (Wildman–Crippen MR) is 167 cm³/mol. The summed E-state index contributed by atoms with van der Waals surface area (Å²) in [5.41, 5.74) is 1.97. The average molecular weight is 604 g/mol. The number of amides is 2. The van der Waals surface area contributed by atoms with Gasteiger partial charge in [-0.15, -0.1) is 0 Å². The quantitative estimate of drug-likeness (QED) is 0.212. The standard InChI is InChI=1S/C33H34ClN3O4S/c1-2-22-35-33(39)31(23-26-12-6-3-7-13-26)36(24-27-18-20-28(34)21-19-27)32(38)25-37(29-14-8-4-9-15-29)42(40,41)30-16-10-5-11-17-30/h3-21,31H,2,22-25H2,1H3,(H,35,39)/t31-/m1/s1. The van der Waals surface area contributed by atoms with Crippen LogP contribution in [0.4, 0.5) is 5.69 Å². The zero-order valence-electron chi connectivity index (χ0n) is 23.4. The molecule has 9 heteroatoms. The Balaban J connectivity index is 1.76. The van der Waals surface area contributed by atoms with Gasteiger partial charge in [-0.2, -0.15) is 0 Å². The maximum Gasteiger partial charge on any atom is 0.264 e. The van der Waals surface area contributed by atoms with Gasteiger partial charge in [0.2, 0.25) is 11.8 Å². The molecule has 4 aromatic carbocycles. The minimum atomic E-state index is -4.11. The number of carbonyl (C=O) groups is 2. The SMILES string of the molecule is CCCNC(=O)[C@@H](Cc1ccccc1)N(Cc1ccc(Cl)cc1)C(=O)CN(c1ccccc1)S(=O)(=O)c1ccccc1. The number of para-hydroxylation sites is 1. The van der Waals surface area contributed by atoms with E-state index in [0.717, 1.165) is 21.9 Å². The van der Waals surface area contributed by atoms with Gasteiger partial charge in [-0.05, 0) is 53.9 Å². The number of nitrogens with zero attached hydrogens (tertiary/aromatic N) is 2. The molecule has 1 atom stereocenters. The van der Waals surface area contributed by atoms with Crippen LogP contribution in [-0.2, 0) is 32.6 Å². The summed E-state index contributed by atoms with van der Waals surface area (Å²) in [6.07, 6.45) is 0.985. The molecule has 0 saturated heterocycles. The molecule has 0 unspecified atom stereocenters. The summed E-state index contributed by atoms with van der Waals surface area (Å²) in [4.78, 5) is 29.4. The van der Waals surface area contributed by atoms with Gasteiger partial charge in [0.15, 0.2) is 0 Å². The van der Waals surface area contributed by atoms with E-state index in [9.17, 15) is 18.0 Å². The highest BCUT2D eigenvalue weighted by Gasteiger charge is 2.34. The zero-order valence-corrected chi connectivity index (χ0v) is 25.0. The molecule has 1 N–H and O–H groups in total. The van der Waals surface area contributed by atoms with Gasteiger partial charge in [-0.1, -0.05) is 97.4 Å². The van der Waals surface area contributed by atoms with Crippen molar-refractivity contribution in [2.45, 2.75) is 37.2 Å². The van der Waals surface area contributed by atoms with Crippen molar-refractivity contribution < 1.29 is 18.0 Å². The molecule has 0 aromatic heterocycles. The lowest BCUT2D eigenvalue weighted by molar-refractivity contribution is -0.140. The first-order valence-electron chi connectivity index (χ1n) is 13.8. The van der Waals surface area contributed by atoms with E-state index in [4.69, 9.17) is 11.6 Å². The number of anilines is 1. The van der Waals surface area contributed by atoms with Gasteiger partial charge in [0.05, 0.1) is 10.6 Å². The van der Waals surface area contributed by atoms with Crippen LogP contribution in [0.5, 0.6) is 0 Å².